The van der Waals surface area contributed by atoms with Crippen molar-refractivity contribution in [3.8, 4) is 5.69 Å². The van der Waals surface area contributed by atoms with Crippen molar-refractivity contribution in [2.45, 2.75) is 25.7 Å². The van der Waals surface area contributed by atoms with Crippen molar-refractivity contribution in [3.63, 3.8) is 0 Å². The molecule has 1 amide bonds. The van der Waals surface area contributed by atoms with Crippen molar-refractivity contribution in [2.24, 2.45) is 0 Å². The maximum absolute atomic E-state index is 12.5. The van der Waals surface area contributed by atoms with E-state index in [9.17, 15) is 4.79 Å². The summed E-state index contributed by atoms with van der Waals surface area (Å²) in [5, 5.41) is 11.7. The first-order valence-corrected chi connectivity index (χ1v) is 8.86. The largest absolute Gasteiger partial charge is 0.351 e. The van der Waals surface area contributed by atoms with E-state index in [-0.39, 0.29) is 5.91 Å². The number of aromatic nitrogens is 2. The number of benzene rings is 1. The van der Waals surface area contributed by atoms with Crippen LogP contribution in [0.1, 0.15) is 34.6 Å². The summed E-state index contributed by atoms with van der Waals surface area (Å²) in [5.41, 5.74) is 3.37. The second-order valence-corrected chi connectivity index (χ2v) is 6.69. The number of halogens is 2. The van der Waals surface area contributed by atoms with E-state index in [0.717, 1.165) is 49.2 Å². The average Bonchev–Trinajstić information content (AvgIpc) is 3.14. The predicted octanol–water partition coefficient (Wildman–Crippen LogP) is 3.01. The van der Waals surface area contributed by atoms with Gasteiger partial charge in [-0.3, -0.25) is 4.79 Å². The fourth-order valence-corrected chi connectivity index (χ4v) is 3.51. The van der Waals surface area contributed by atoms with Crippen molar-refractivity contribution in [2.75, 3.05) is 20.1 Å². The normalized spacial score (nSPS) is 13.1. The Kier molecular flexibility index (Phi) is 5.43. The molecule has 0 spiro atoms. The van der Waals surface area contributed by atoms with Crippen LogP contribution in [-0.4, -0.2) is 35.8 Å². The minimum Gasteiger partial charge on any atom is -0.351 e. The molecule has 0 aliphatic heterocycles. The van der Waals surface area contributed by atoms with Gasteiger partial charge in [0.1, 0.15) is 0 Å². The summed E-state index contributed by atoms with van der Waals surface area (Å²) < 4.78 is 1.80. The molecule has 24 heavy (non-hydrogen) atoms. The molecule has 3 rings (SSSR count). The molecule has 0 saturated carbocycles. The number of hydrogen-bond acceptors (Lipinski definition) is 3. The fourth-order valence-electron chi connectivity index (χ4n) is 3.02. The van der Waals surface area contributed by atoms with Crippen LogP contribution < -0.4 is 10.6 Å². The van der Waals surface area contributed by atoms with Crippen LogP contribution in [0.15, 0.2) is 18.2 Å². The first-order chi connectivity index (χ1) is 11.6. The highest BCUT2D eigenvalue weighted by Crippen LogP contribution is 2.31. The minimum absolute atomic E-state index is 0.118. The number of hydrogen-bond donors (Lipinski definition) is 2. The Bertz CT molecular complexity index is 757. The standard InChI is InChI=1S/C17H20Cl2N4O/c1-20-8-3-9-21-17(24)16-12-4-2-5-14(12)23(22-16)15-7-6-11(18)10-13(15)19/h6-7,10,20H,2-5,8-9H2,1H3,(H,21,24). The zero-order valence-corrected chi connectivity index (χ0v) is 15.0. The van der Waals surface area contributed by atoms with Crippen molar-refractivity contribution in [1.82, 2.24) is 20.4 Å². The Labute approximate surface area is 151 Å². The van der Waals surface area contributed by atoms with Crippen LogP contribution >= 0.6 is 23.2 Å². The highest BCUT2D eigenvalue weighted by atomic mass is 35.5. The van der Waals surface area contributed by atoms with Gasteiger partial charge in [0.25, 0.3) is 5.91 Å². The van der Waals surface area contributed by atoms with Gasteiger partial charge in [-0.25, -0.2) is 4.68 Å². The molecule has 7 heteroatoms. The molecule has 128 valence electrons. The molecule has 2 N–H and O–H groups in total. The molecule has 0 unspecified atom stereocenters. The van der Waals surface area contributed by atoms with E-state index in [1.54, 1.807) is 16.8 Å². The summed E-state index contributed by atoms with van der Waals surface area (Å²) in [5.74, 6) is -0.118. The lowest BCUT2D eigenvalue weighted by molar-refractivity contribution is 0.0947. The van der Waals surface area contributed by atoms with E-state index < -0.39 is 0 Å². The number of nitrogens with one attached hydrogen (secondary N) is 2. The topological polar surface area (TPSA) is 58.9 Å². The van der Waals surface area contributed by atoms with Gasteiger partial charge in [-0.15, -0.1) is 0 Å². The average molecular weight is 367 g/mol. The fraction of sp³-hybridized carbons (Fsp3) is 0.412. The summed E-state index contributed by atoms with van der Waals surface area (Å²) in [6.07, 6.45) is 3.68. The summed E-state index contributed by atoms with van der Waals surface area (Å²) in [7, 11) is 1.90. The molecule has 1 aliphatic rings. The predicted molar refractivity (Wildman–Crippen MR) is 96.5 cm³/mol. The van der Waals surface area contributed by atoms with E-state index >= 15 is 0 Å². The zero-order valence-electron chi connectivity index (χ0n) is 13.5. The number of nitrogens with zero attached hydrogens (tertiary/aromatic N) is 2. The molecule has 0 radical (unpaired) electrons. The molecule has 1 aromatic carbocycles. The van der Waals surface area contributed by atoms with Crippen LogP contribution in [0.3, 0.4) is 0 Å². The second-order valence-electron chi connectivity index (χ2n) is 5.85. The second kappa shape index (κ2) is 7.55. The van der Waals surface area contributed by atoms with E-state index in [4.69, 9.17) is 23.2 Å². The van der Waals surface area contributed by atoms with E-state index in [1.165, 1.54) is 0 Å². The third-order valence-corrected chi connectivity index (χ3v) is 4.71. The monoisotopic (exact) mass is 366 g/mol. The molecular formula is C17H20Cl2N4O. The number of fused-ring (bicyclic) bond motifs is 1. The maximum atomic E-state index is 12.5. The van der Waals surface area contributed by atoms with Crippen LogP contribution in [-0.2, 0) is 12.8 Å². The van der Waals surface area contributed by atoms with Gasteiger partial charge >= 0.3 is 0 Å². The lowest BCUT2D eigenvalue weighted by Gasteiger charge is -2.08. The Hall–Kier alpha value is -1.56. The Balaban J connectivity index is 1.89. The van der Waals surface area contributed by atoms with Crippen LogP contribution in [0.4, 0.5) is 0 Å². The lowest BCUT2D eigenvalue weighted by atomic mass is 10.2. The van der Waals surface area contributed by atoms with Gasteiger partial charge in [-0.05, 0) is 57.5 Å². The smallest absolute Gasteiger partial charge is 0.272 e. The van der Waals surface area contributed by atoms with Crippen LogP contribution in [0, 0.1) is 0 Å². The minimum atomic E-state index is -0.118. The van der Waals surface area contributed by atoms with Gasteiger partial charge in [-0.2, -0.15) is 5.10 Å². The van der Waals surface area contributed by atoms with Crippen LogP contribution in [0.5, 0.6) is 0 Å². The number of carbonyl (C=O) groups excluding carboxylic acids is 1. The van der Waals surface area contributed by atoms with Gasteiger partial charge in [0.05, 0.1) is 10.7 Å². The van der Waals surface area contributed by atoms with Gasteiger partial charge in [-0.1, -0.05) is 23.2 Å². The van der Waals surface area contributed by atoms with Crippen molar-refractivity contribution < 1.29 is 4.79 Å². The summed E-state index contributed by atoms with van der Waals surface area (Å²) in [6.45, 7) is 1.50. The van der Waals surface area contributed by atoms with Crippen LogP contribution in [0.2, 0.25) is 10.0 Å². The van der Waals surface area contributed by atoms with E-state index in [0.29, 0.717) is 22.3 Å². The van der Waals surface area contributed by atoms with Crippen molar-refractivity contribution in [1.29, 1.82) is 0 Å². The zero-order chi connectivity index (χ0) is 17.1. The third-order valence-electron chi connectivity index (χ3n) is 4.17. The quantitative estimate of drug-likeness (QED) is 0.772. The van der Waals surface area contributed by atoms with Gasteiger partial charge in [0.15, 0.2) is 5.69 Å². The summed E-state index contributed by atoms with van der Waals surface area (Å²) in [6, 6.07) is 5.31. The van der Waals surface area contributed by atoms with Crippen LogP contribution in [0.25, 0.3) is 5.69 Å². The number of carbonyl (C=O) groups is 1. The Morgan fingerprint density at radius 3 is 2.88 bits per heavy atom. The third kappa shape index (κ3) is 3.43. The van der Waals surface area contributed by atoms with Crippen molar-refractivity contribution in [3.05, 3.63) is 45.2 Å². The molecule has 1 aromatic heterocycles. The number of rotatable bonds is 6. The first kappa shape index (κ1) is 17.3. The molecule has 2 aromatic rings. The molecule has 0 bridgehead atoms. The molecule has 0 fully saturated rings. The molecular weight excluding hydrogens is 347 g/mol. The van der Waals surface area contributed by atoms with Gasteiger partial charge in [0, 0.05) is 22.8 Å². The molecule has 1 aliphatic carbocycles. The van der Waals surface area contributed by atoms with E-state index in [1.807, 2.05) is 13.1 Å². The van der Waals surface area contributed by atoms with Gasteiger partial charge in [0.2, 0.25) is 0 Å². The SMILES string of the molecule is CNCCCNC(=O)c1nn(-c2ccc(Cl)cc2Cl)c2c1CCC2. The van der Waals surface area contributed by atoms with Crippen molar-refractivity contribution >= 4 is 29.1 Å². The molecule has 5 nitrogen and oxygen atoms in total. The highest BCUT2D eigenvalue weighted by molar-refractivity contribution is 6.35. The summed E-state index contributed by atoms with van der Waals surface area (Å²) in [4.78, 5) is 12.5. The highest BCUT2D eigenvalue weighted by Gasteiger charge is 2.27. The first-order valence-electron chi connectivity index (χ1n) is 8.11. The lowest BCUT2D eigenvalue weighted by Crippen LogP contribution is -2.27. The molecule has 1 heterocycles. The molecule has 0 saturated heterocycles. The number of amides is 1. The summed E-state index contributed by atoms with van der Waals surface area (Å²) >= 11 is 12.3. The van der Waals surface area contributed by atoms with Gasteiger partial charge < -0.3 is 10.6 Å². The maximum Gasteiger partial charge on any atom is 0.272 e. The molecule has 0 atom stereocenters. The Morgan fingerprint density at radius 1 is 1.29 bits per heavy atom. The Morgan fingerprint density at radius 2 is 2.12 bits per heavy atom. The van der Waals surface area contributed by atoms with E-state index in [2.05, 4.69) is 15.7 Å².